The molecule has 2 rings (SSSR count). The van der Waals surface area contributed by atoms with Gasteiger partial charge in [0.15, 0.2) is 4.67 Å². The molecule has 0 saturated carbocycles. The minimum atomic E-state index is -3.99. The number of halogens is 2. The molecule has 0 aliphatic rings. The fraction of sp³-hybridized carbons (Fsp3) is 0.0833. The lowest BCUT2D eigenvalue weighted by Gasteiger charge is -2.05. The van der Waals surface area contributed by atoms with Gasteiger partial charge in [0, 0.05) is 12.6 Å². The van der Waals surface area contributed by atoms with E-state index in [9.17, 15) is 17.6 Å². The van der Waals surface area contributed by atoms with Crippen LogP contribution in [0.1, 0.15) is 16.1 Å². The maximum absolute atomic E-state index is 13.0. The van der Waals surface area contributed by atoms with E-state index in [1.54, 1.807) is 6.07 Å². The van der Waals surface area contributed by atoms with Crippen LogP contribution >= 0.6 is 15.9 Å². The van der Waals surface area contributed by atoms with Gasteiger partial charge in [-0.25, -0.2) is 22.3 Å². The summed E-state index contributed by atoms with van der Waals surface area (Å²) in [5.74, 6) is -2.38. The van der Waals surface area contributed by atoms with Gasteiger partial charge in [0.05, 0.1) is 0 Å². The van der Waals surface area contributed by atoms with Crippen LogP contribution in [-0.4, -0.2) is 19.5 Å². The van der Waals surface area contributed by atoms with Gasteiger partial charge < -0.3 is 9.52 Å². The van der Waals surface area contributed by atoms with Crippen molar-refractivity contribution in [3.63, 3.8) is 0 Å². The summed E-state index contributed by atoms with van der Waals surface area (Å²) in [7, 11) is -3.99. The predicted molar refractivity (Wildman–Crippen MR) is 73.8 cm³/mol. The van der Waals surface area contributed by atoms with Crippen LogP contribution in [0.15, 0.2) is 44.3 Å². The number of aromatic carboxylic acids is 1. The Morgan fingerprint density at radius 2 is 2.10 bits per heavy atom. The van der Waals surface area contributed by atoms with Gasteiger partial charge in [-0.15, -0.1) is 0 Å². The van der Waals surface area contributed by atoms with Gasteiger partial charge >= 0.3 is 5.97 Å². The van der Waals surface area contributed by atoms with Crippen LogP contribution in [0.2, 0.25) is 0 Å². The molecule has 9 heteroatoms. The molecular weight excluding hydrogens is 369 g/mol. The molecule has 21 heavy (non-hydrogen) atoms. The van der Waals surface area contributed by atoms with Crippen molar-refractivity contribution < 1.29 is 27.1 Å². The molecule has 1 heterocycles. The lowest BCUT2D eigenvalue weighted by Crippen LogP contribution is -2.23. The highest BCUT2D eigenvalue weighted by atomic mass is 79.9. The number of carbonyl (C=O) groups is 1. The van der Waals surface area contributed by atoms with Crippen LogP contribution in [0, 0.1) is 5.82 Å². The van der Waals surface area contributed by atoms with Gasteiger partial charge in [-0.05, 0) is 33.6 Å². The molecule has 0 aliphatic carbocycles. The van der Waals surface area contributed by atoms with Crippen LogP contribution in [-0.2, 0) is 16.6 Å². The third kappa shape index (κ3) is 3.69. The van der Waals surface area contributed by atoms with Crippen LogP contribution in [0.25, 0.3) is 0 Å². The topological polar surface area (TPSA) is 96.6 Å². The molecule has 2 N–H and O–H groups in total. The number of furan rings is 1. The van der Waals surface area contributed by atoms with E-state index in [-0.39, 0.29) is 16.1 Å². The third-order valence-electron chi connectivity index (χ3n) is 2.51. The Balaban J connectivity index is 2.21. The summed E-state index contributed by atoms with van der Waals surface area (Å²) in [5.41, 5.74) is 0.427. The van der Waals surface area contributed by atoms with E-state index in [0.717, 1.165) is 6.07 Å². The minimum Gasteiger partial charge on any atom is -0.475 e. The van der Waals surface area contributed by atoms with Crippen LogP contribution < -0.4 is 4.72 Å². The summed E-state index contributed by atoms with van der Waals surface area (Å²) in [5, 5.41) is 8.76. The van der Waals surface area contributed by atoms with Crippen molar-refractivity contribution in [2.24, 2.45) is 0 Å². The zero-order chi connectivity index (χ0) is 15.6. The first-order chi connectivity index (χ1) is 9.79. The highest BCUT2D eigenvalue weighted by Crippen LogP contribution is 2.26. The second-order valence-corrected chi connectivity index (χ2v) is 6.46. The van der Waals surface area contributed by atoms with E-state index < -0.39 is 27.6 Å². The molecule has 1 aromatic heterocycles. The van der Waals surface area contributed by atoms with Crippen molar-refractivity contribution in [3.8, 4) is 0 Å². The Kier molecular flexibility index (Phi) is 4.45. The lowest BCUT2D eigenvalue weighted by molar-refractivity contribution is 0.0661. The standard InChI is InChI=1S/C12H9BrFNO5S/c13-11-10(5-9(20-11)12(16)17)21(18,19)15-6-7-2-1-3-8(14)4-7/h1-5,15H,6H2,(H,16,17). The summed E-state index contributed by atoms with van der Waals surface area (Å²) >= 11 is 2.85. The van der Waals surface area contributed by atoms with Crippen molar-refractivity contribution in [3.05, 3.63) is 52.1 Å². The van der Waals surface area contributed by atoms with E-state index in [4.69, 9.17) is 9.52 Å². The summed E-state index contributed by atoms with van der Waals surface area (Å²) in [4.78, 5) is 10.4. The molecular formula is C12H9BrFNO5S. The van der Waals surface area contributed by atoms with Crippen molar-refractivity contribution in [2.45, 2.75) is 11.4 Å². The maximum Gasteiger partial charge on any atom is 0.371 e. The average Bonchev–Trinajstić information content (AvgIpc) is 2.80. The van der Waals surface area contributed by atoms with E-state index >= 15 is 0 Å². The van der Waals surface area contributed by atoms with Gasteiger partial charge in [-0.1, -0.05) is 12.1 Å². The fourth-order valence-corrected chi connectivity index (χ4v) is 3.50. The SMILES string of the molecule is O=C(O)c1cc(S(=O)(=O)NCc2cccc(F)c2)c(Br)o1. The number of nitrogens with one attached hydrogen (secondary N) is 1. The highest BCUT2D eigenvalue weighted by Gasteiger charge is 2.24. The molecule has 2 aromatic rings. The molecule has 0 aliphatic heterocycles. The van der Waals surface area contributed by atoms with E-state index in [1.165, 1.54) is 18.2 Å². The summed E-state index contributed by atoms with van der Waals surface area (Å²) in [6, 6.07) is 6.33. The van der Waals surface area contributed by atoms with Crippen LogP contribution in [0.5, 0.6) is 0 Å². The maximum atomic E-state index is 13.0. The molecule has 0 amide bonds. The Labute approximate surface area is 127 Å². The molecule has 0 bridgehead atoms. The summed E-state index contributed by atoms with van der Waals surface area (Å²) < 4.78 is 43.9. The average molecular weight is 378 g/mol. The zero-order valence-electron chi connectivity index (χ0n) is 10.3. The lowest BCUT2D eigenvalue weighted by atomic mass is 10.2. The molecule has 0 atom stereocenters. The van der Waals surface area contributed by atoms with Crippen LogP contribution in [0.3, 0.4) is 0 Å². The number of rotatable bonds is 5. The van der Waals surface area contributed by atoms with Gasteiger partial charge in [-0.2, -0.15) is 0 Å². The molecule has 6 nitrogen and oxygen atoms in total. The molecule has 0 fully saturated rings. The Hall–Kier alpha value is -1.71. The molecule has 0 spiro atoms. The number of carboxylic acid groups (broad SMARTS) is 1. The van der Waals surface area contributed by atoms with Crippen molar-refractivity contribution in [1.29, 1.82) is 0 Å². The van der Waals surface area contributed by atoms with E-state index in [1.807, 2.05) is 0 Å². The molecule has 0 unspecified atom stereocenters. The zero-order valence-corrected chi connectivity index (χ0v) is 12.7. The molecule has 0 saturated heterocycles. The largest absolute Gasteiger partial charge is 0.475 e. The van der Waals surface area contributed by atoms with Gasteiger partial charge in [0.1, 0.15) is 10.7 Å². The molecule has 112 valence electrons. The van der Waals surface area contributed by atoms with Crippen molar-refractivity contribution >= 4 is 31.9 Å². The minimum absolute atomic E-state index is 0.139. The first kappa shape index (κ1) is 15.7. The summed E-state index contributed by atoms with van der Waals surface area (Å²) in [6.07, 6.45) is 0. The smallest absolute Gasteiger partial charge is 0.371 e. The monoisotopic (exact) mass is 377 g/mol. The number of carboxylic acids is 1. The van der Waals surface area contributed by atoms with E-state index in [0.29, 0.717) is 5.56 Å². The van der Waals surface area contributed by atoms with Gasteiger partial charge in [0.25, 0.3) is 0 Å². The quantitative estimate of drug-likeness (QED) is 0.833. The van der Waals surface area contributed by atoms with Gasteiger partial charge in [-0.3, -0.25) is 0 Å². The fourth-order valence-electron chi connectivity index (χ4n) is 1.54. The number of sulfonamides is 1. The Morgan fingerprint density at radius 1 is 1.38 bits per heavy atom. The highest BCUT2D eigenvalue weighted by molar-refractivity contribution is 9.10. The normalized spacial score (nSPS) is 11.5. The molecule has 0 radical (unpaired) electrons. The number of hydrogen-bond donors (Lipinski definition) is 2. The van der Waals surface area contributed by atoms with E-state index in [2.05, 4.69) is 20.7 Å². The first-order valence-electron chi connectivity index (χ1n) is 5.56. The second-order valence-electron chi connectivity index (χ2n) is 4.01. The third-order valence-corrected chi connectivity index (χ3v) is 4.77. The number of hydrogen-bond acceptors (Lipinski definition) is 4. The second kappa shape index (κ2) is 5.96. The molecule has 1 aromatic carbocycles. The Morgan fingerprint density at radius 3 is 2.67 bits per heavy atom. The Bertz CT molecular complexity index is 787. The van der Waals surface area contributed by atoms with Crippen molar-refractivity contribution in [2.75, 3.05) is 0 Å². The first-order valence-corrected chi connectivity index (χ1v) is 7.84. The van der Waals surface area contributed by atoms with Crippen LogP contribution in [0.4, 0.5) is 4.39 Å². The predicted octanol–water partition coefficient (Wildman–Crippen LogP) is 2.36. The number of benzene rings is 1. The van der Waals surface area contributed by atoms with Crippen molar-refractivity contribution in [1.82, 2.24) is 4.72 Å². The van der Waals surface area contributed by atoms with Gasteiger partial charge in [0.2, 0.25) is 15.8 Å². The summed E-state index contributed by atoms with van der Waals surface area (Å²) in [6.45, 7) is -0.139.